The average molecular weight is 420 g/mol. The number of rotatable bonds is 5. The summed E-state index contributed by atoms with van der Waals surface area (Å²) in [6, 6.07) is 8.28. The van der Waals surface area contributed by atoms with Crippen molar-refractivity contribution in [2.45, 2.75) is 20.8 Å². The van der Waals surface area contributed by atoms with Crippen molar-refractivity contribution in [1.29, 1.82) is 0 Å². The van der Waals surface area contributed by atoms with Crippen molar-refractivity contribution < 1.29 is 24.2 Å². The normalized spacial score (nSPS) is 10.3. The second kappa shape index (κ2) is 8.14. The van der Waals surface area contributed by atoms with Gasteiger partial charge in [-0.2, -0.15) is 0 Å². The summed E-state index contributed by atoms with van der Waals surface area (Å²) in [5.41, 5.74) is 1.17. The number of ether oxygens (including phenoxy) is 1. The van der Waals surface area contributed by atoms with Gasteiger partial charge in [0.15, 0.2) is 0 Å². The number of hydrogen-bond acceptors (Lipinski definition) is 4. The van der Waals surface area contributed by atoms with Crippen LogP contribution in [0.1, 0.15) is 49.1 Å². The van der Waals surface area contributed by atoms with Crippen LogP contribution in [0.5, 0.6) is 0 Å². The van der Waals surface area contributed by atoms with Gasteiger partial charge < -0.3 is 15.2 Å². The van der Waals surface area contributed by atoms with Gasteiger partial charge >= 0.3 is 11.9 Å². The van der Waals surface area contributed by atoms with Gasteiger partial charge in [0.25, 0.3) is 5.91 Å². The van der Waals surface area contributed by atoms with Crippen LogP contribution in [0.4, 0.5) is 5.69 Å². The first kappa shape index (κ1) is 19.7. The van der Waals surface area contributed by atoms with Crippen molar-refractivity contribution in [2.24, 2.45) is 0 Å². The summed E-state index contributed by atoms with van der Waals surface area (Å²) in [6.45, 7) is 5.01. The number of aryl methyl sites for hydroxylation is 1. The van der Waals surface area contributed by atoms with Crippen LogP contribution >= 0.6 is 15.9 Å². The van der Waals surface area contributed by atoms with Crippen molar-refractivity contribution in [3.63, 3.8) is 0 Å². The number of carbonyl (C=O) groups excluding carboxylic acids is 2. The molecule has 0 fully saturated rings. The number of esters is 1. The summed E-state index contributed by atoms with van der Waals surface area (Å²) in [5.74, 6) is -2.45. The lowest BCUT2D eigenvalue weighted by atomic mass is 9.92. The molecule has 0 bridgehead atoms. The maximum atomic E-state index is 12.8. The van der Waals surface area contributed by atoms with Gasteiger partial charge in [0.05, 0.1) is 29.0 Å². The Labute approximate surface area is 159 Å². The summed E-state index contributed by atoms with van der Waals surface area (Å²) < 4.78 is 5.69. The van der Waals surface area contributed by atoms with Gasteiger partial charge in [-0.25, -0.2) is 9.59 Å². The number of amides is 1. The van der Waals surface area contributed by atoms with Crippen LogP contribution < -0.4 is 5.32 Å². The number of anilines is 1. The lowest BCUT2D eigenvalue weighted by molar-refractivity contribution is 0.0523. The van der Waals surface area contributed by atoms with E-state index in [2.05, 4.69) is 21.2 Å². The number of aromatic carboxylic acids is 1. The first-order valence-electron chi connectivity index (χ1n) is 7.88. The minimum absolute atomic E-state index is 0.0677. The third kappa shape index (κ3) is 3.94. The van der Waals surface area contributed by atoms with E-state index in [-0.39, 0.29) is 28.9 Å². The molecule has 0 aliphatic carbocycles. The topological polar surface area (TPSA) is 92.7 Å². The number of carbonyl (C=O) groups is 3. The summed E-state index contributed by atoms with van der Waals surface area (Å²) in [5, 5.41) is 12.2. The van der Waals surface area contributed by atoms with Crippen molar-refractivity contribution in [3.8, 4) is 0 Å². The lowest BCUT2D eigenvalue weighted by Crippen LogP contribution is -2.21. The minimum Gasteiger partial charge on any atom is -0.478 e. The largest absolute Gasteiger partial charge is 0.478 e. The zero-order valence-corrected chi connectivity index (χ0v) is 16.1. The van der Waals surface area contributed by atoms with Gasteiger partial charge in [-0.15, -0.1) is 0 Å². The molecule has 0 aromatic heterocycles. The molecule has 0 atom stereocenters. The fraction of sp³-hybridized carbons (Fsp3) is 0.211. The van der Waals surface area contributed by atoms with Gasteiger partial charge in [0.1, 0.15) is 0 Å². The van der Waals surface area contributed by atoms with Crippen LogP contribution in [-0.2, 0) is 4.74 Å². The number of carboxylic acids is 1. The van der Waals surface area contributed by atoms with Crippen molar-refractivity contribution in [1.82, 2.24) is 0 Å². The van der Waals surface area contributed by atoms with Crippen LogP contribution in [0.25, 0.3) is 0 Å². The minimum atomic E-state index is -1.25. The van der Waals surface area contributed by atoms with E-state index >= 15 is 0 Å². The lowest BCUT2D eigenvalue weighted by Gasteiger charge is -2.16. The molecule has 0 saturated heterocycles. The predicted molar refractivity (Wildman–Crippen MR) is 101 cm³/mol. The number of carboxylic acid groups (broad SMARTS) is 1. The molecule has 2 N–H and O–H groups in total. The van der Waals surface area contributed by atoms with E-state index < -0.39 is 17.8 Å². The van der Waals surface area contributed by atoms with Crippen LogP contribution in [0.3, 0.4) is 0 Å². The van der Waals surface area contributed by atoms with E-state index in [1.165, 1.54) is 6.07 Å². The standard InChI is InChI=1S/C19H18BrNO5/c1-4-26-19(25)15-10(2)9-12(18(23)24)16(11(15)3)17(22)21-14-8-6-5-7-13(14)20/h5-9H,4H2,1-3H3,(H,21,22)(H,23,24). The molecule has 0 radical (unpaired) electrons. The van der Waals surface area contributed by atoms with E-state index in [1.807, 2.05) is 0 Å². The molecule has 0 spiro atoms. The number of benzene rings is 2. The highest BCUT2D eigenvalue weighted by Crippen LogP contribution is 2.27. The Hall–Kier alpha value is -2.67. The van der Waals surface area contributed by atoms with Crippen LogP contribution in [0.15, 0.2) is 34.8 Å². The fourth-order valence-electron chi connectivity index (χ4n) is 2.71. The van der Waals surface area contributed by atoms with Crippen LogP contribution in [0.2, 0.25) is 0 Å². The molecule has 6 nitrogen and oxygen atoms in total. The molecule has 26 heavy (non-hydrogen) atoms. The number of para-hydroxylation sites is 1. The highest BCUT2D eigenvalue weighted by molar-refractivity contribution is 9.10. The van der Waals surface area contributed by atoms with E-state index in [9.17, 15) is 19.5 Å². The number of halogens is 1. The van der Waals surface area contributed by atoms with Crippen molar-refractivity contribution in [2.75, 3.05) is 11.9 Å². The van der Waals surface area contributed by atoms with E-state index in [0.717, 1.165) is 0 Å². The van der Waals surface area contributed by atoms with Crippen LogP contribution in [0, 0.1) is 13.8 Å². The Bertz CT molecular complexity index is 892. The molecule has 136 valence electrons. The van der Waals surface area contributed by atoms with Gasteiger partial charge in [-0.05, 0) is 66.0 Å². The van der Waals surface area contributed by atoms with Crippen LogP contribution in [-0.4, -0.2) is 29.6 Å². The highest BCUT2D eigenvalue weighted by atomic mass is 79.9. The average Bonchev–Trinajstić information content (AvgIpc) is 2.56. The molecular weight excluding hydrogens is 402 g/mol. The summed E-state index contributed by atoms with van der Waals surface area (Å²) in [4.78, 5) is 36.7. The third-order valence-corrected chi connectivity index (χ3v) is 4.53. The summed E-state index contributed by atoms with van der Waals surface area (Å²) >= 11 is 3.33. The Kier molecular flexibility index (Phi) is 6.15. The molecular formula is C19H18BrNO5. The Morgan fingerprint density at radius 2 is 1.81 bits per heavy atom. The molecule has 0 heterocycles. The molecule has 2 aromatic rings. The Morgan fingerprint density at radius 3 is 2.38 bits per heavy atom. The van der Waals surface area contributed by atoms with E-state index in [4.69, 9.17) is 4.74 Å². The number of nitrogens with one attached hydrogen (secondary N) is 1. The Morgan fingerprint density at radius 1 is 1.15 bits per heavy atom. The first-order valence-corrected chi connectivity index (χ1v) is 8.67. The maximum absolute atomic E-state index is 12.8. The van der Waals surface area contributed by atoms with Crippen molar-refractivity contribution >= 4 is 39.5 Å². The zero-order valence-electron chi connectivity index (χ0n) is 14.6. The molecule has 2 aromatic carbocycles. The smallest absolute Gasteiger partial charge is 0.338 e. The van der Waals surface area contributed by atoms with E-state index in [0.29, 0.717) is 15.7 Å². The van der Waals surface area contributed by atoms with Crippen molar-refractivity contribution in [3.05, 3.63) is 62.6 Å². The molecule has 1 amide bonds. The third-order valence-electron chi connectivity index (χ3n) is 3.83. The highest BCUT2D eigenvalue weighted by Gasteiger charge is 2.26. The Balaban J connectivity index is 2.59. The summed E-state index contributed by atoms with van der Waals surface area (Å²) in [6.07, 6.45) is 0. The second-order valence-electron chi connectivity index (χ2n) is 5.58. The summed E-state index contributed by atoms with van der Waals surface area (Å²) in [7, 11) is 0. The molecule has 0 unspecified atom stereocenters. The first-order chi connectivity index (χ1) is 12.3. The molecule has 0 aliphatic rings. The SMILES string of the molecule is CCOC(=O)c1c(C)cc(C(=O)O)c(C(=O)Nc2ccccc2Br)c1C. The predicted octanol–water partition coefficient (Wildman–Crippen LogP) is 4.19. The van der Waals surface area contributed by atoms with Gasteiger partial charge in [0.2, 0.25) is 0 Å². The maximum Gasteiger partial charge on any atom is 0.338 e. The van der Waals surface area contributed by atoms with E-state index in [1.54, 1.807) is 45.0 Å². The zero-order chi connectivity index (χ0) is 19.4. The fourth-order valence-corrected chi connectivity index (χ4v) is 3.09. The molecule has 0 saturated carbocycles. The van der Waals surface area contributed by atoms with Gasteiger partial charge in [-0.3, -0.25) is 4.79 Å². The molecule has 2 rings (SSSR count). The number of hydrogen-bond donors (Lipinski definition) is 2. The van der Waals surface area contributed by atoms with Gasteiger partial charge in [0, 0.05) is 4.47 Å². The monoisotopic (exact) mass is 419 g/mol. The molecule has 7 heteroatoms. The second-order valence-corrected chi connectivity index (χ2v) is 6.43. The quantitative estimate of drug-likeness (QED) is 0.708. The molecule has 0 aliphatic heterocycles. The van der Waals surface area contributed by atoms with Gasteiger partial charge in [-0.1, -0.05) is 12.1 Å².